The van der Waals surface area contributed by atoms with Gasteiger partial charge in [-0.1, -0.05) is 36.4 Å². The lowest BCUT2D eigenvalue weighted by Crippen LogP contribution is -2.29. The number of hydrogen-bond donors (Lipinski definition) is 1. The molecule has 0 bridgehead atoms. The predicted octanol–water partition coefficient (Wildman–Crippen LogP) is 4.50. The van der Waals surface area contributed by atoms with Crippen molar-refractivity contribution in [3.8, 4) is 11.5 Å². The van der Waals surface area contributed by atoms with Crippen molar-refractivity contribution in [2.45, 2.75) is 26.4 Å². The molecule has 0 spiro atoms. The Morgan fingerprint density at radius 1 is 0.971 bits per heavy atom. The Labute approximate surface area is 198 Å². The van der Waals surface area contributed by atoms with Crippen LogP contribution in [-0.4, -0.2) is 39.9 Å². The maximum Gasteiger partial charge on any atom is 0.296 e. The molecule has 1 aliphatic heterocycles. The highest BCUT2D eigenvalue weighted by Crippen LogP contribution is 2.42. The van der Waals surface area contributed by atoms with Crippen LogP contribution >= 0.6 is 0 Å². The average Bonchev–Trinajstić information content (AvgIpc) is 3.10. The number of hydrogen-bond acceptors (Lipinski definition) is 6. The Bertz CT molecular complexity index is 1210. The number of pyridine rings is 1. The van der Waals surface area contributed by atoms with Gasteiger partial charge in [0, 0.05) is 12.3 Å². The fourth-order valence-corrected chi connectivity index (χ4v) is 4.07. The van der Waals surface area contributed by atoms with E-state index in [1.807, 2.05) is 50.2 Å². The van der Waals surface area contributed by atoms with E-state index in [1.54, 1.807) is 36.5 Å². The van der Waals surface area contributed by atoms with Gasteiger partial charge in [-0.05, 0) is 43.7 Å². The monoisotopic (exact) mass is 458 g/mol. The van der Waals surface area contributed by atoms with E-state index in [4.69, 9.17) is 9.47 Å². The number of ether oxygens (including phenoxy) is 2. The van der Waals surface area contributed by atoms with E-state index in [9.17, 15) is 14.7 Å². The standard InChI is InChI=1S/C27H26N2O5/c1-3-33-20-13-14-21(22(16-20)34-4-2)25(30)23-24(18-10-6-5-7-11-18)29(27(32)26(23)31)17-19-12-8-9-15-28-19/h5-16,24,30H,3-4,17H2,1-2H3/b25-23-. The Kier molecular flexibility index (Phi) is 6.92. The third kappa shape index (κ3) is 4.50. The van der Waals surface area contributed by atoms with Crippen LogP contribution < -0.4 is 9.47 Å². The molecule has 7 nitrogen and oxygen atoms in total. The second kappa shape index (κ2) is 10.2. The van der Waals surface area contributed by atoms with Gasteiger partial charge < -0.3 is 19.5 Å². The second-order valence-corrected chi connectivity index (χ2v) is 7.68. The summed E-state index contributed by atoms with van der Waals surface area (Å²) in [4.78, 5) is 32.1. The first-order valence-corrected chi connectivity index (χ1v) is 11.2. The summed E-state index contributed by atoms with van der Waals surface area (Å²) in [6, 6.07) is 18.8. The summed E-state index contributed by atoms with van der Waals surface area (Å²) >= 11 is 0. The fraction of sp³-hybridized carbons (Fsp3) is 0.222. The van der Waals surface area contributed by atoms with Crippen molar-refractivity contribution in [2.75, 3.05) is 13.2 Å². The van der Waals surface area contributed by atoms with E-state index >= 15 is 0 Å². The van der Waals surface area contributed by atoms with Gasteiger partial charge in [-0.3, -0.25) is 14.6 Å². The molecule has 174 valence electrons. The number of amides is 1. The zero-order chi connectivity index (χ0) is 24.1. The number of aromatic nitrogens is 1. The van der Waals surface area contributed by atoms with Crippen LogP contribution in [0.25, 0.3) is 5.76 Å². The van der Waals surface area contributed by atoms with Gasteiger partial charge in [-0.15, -0.1) is 0 Å². The van der Waals surface area contributed by atoms with Crippen LogP contribution in [0.4, 0.5) is 0 Å². The highest BCUT2D eigenvalue weighted by molar-refractivity contribution is 6.46. The molecule has 1 aromatic heterocycles. The summed E-state index contributed by atoms with van der Waals surface area (Å²) < 4.78 is 11.3. The molecule has 1 amide bonds. The van der Waals surface area contributed by atoms with E-state index in [2.05, 4.69) is 4.98 Å². The SMILES string of the molecule is CCOc1ccc(/C(O)=C2/C(=O)C(=O)N(Cc3ccccn3)C2c2ccccc2)c(OCC)c1. The van der Waals surface area contributed by atoms with Gasteiger partial charge in [0.15, 0.2) is 0 Å². The molecule has 0 aliphatic carbocycles. The van der Waals surface area contributed by atoms with Crippen molar-refractivity contribution >= 4 is 17.4 Å². The number of aliphatic hydroxyl groups excluding tert-OH is 1. The molecule has 2 heterocycles. The molecule has 4 rings (SSSR count). The molecular weight excluding hydrogens is 432 g/mol. The minimum Gasteiger partial charge on any atom is -0.507 e. The molecule has 1 N–H and O–H groups in total. The van der Waals surface area contributed by atoms with Crippen molar-refractivity contribution in [1.82, 2.24) is 9.88 Å². The highest BCUT2D eigenvalue weighted by Gasteiger charge is 2.46. The normalized spacial score (nSPS) is 17.1. The third-order valence-corrected chi connectivity index (χ3v) is 5.53. The van der Waals surface area contributed by atoms with Crippen LogP contribution in [0, 0.1) is 0 Å². The first-order chi connectivity index (χ1) is 16.5. The fourth-order valence-electron chi connectivity index (χ4n) is 4.07. The maximum absolute atomic E-state index is 13.2. The first kappa shape index (κ1) is 23.0. The van der Waals surface area contributed by atoms with E-state index in [-0.39, 0.29) is 17.9 Å². The number of rotatable bonds is 8. The third-order valence-electron chi connectivity index (χ3n) is 5.53. The van der Waals surface area contributed by atoms with Gasteiger partial charge in [0.1, 0.15) is 17.3 Å². The molecule has 1 fully saturated rings. The number of likely N-dealkylation sites (tertiary alicyclic amines) is 1. The molecule has 1 saturated heterocycles. The highest BCUT2D eigenvalue weighted by atomic mass is 16.5. The van der Waals surface area contributed by atoms with Crippen molar-refractivity contribution in [2.24, 2.45) is 0 Å². The summed E-state index contributed by atoms with van der Waals surface area (Å²) in [6.07, 6.45) is 1.64. The van der Waals surface area contributed by atoms with Gasteiger partial charge in [-0.25, -0.2) is 0 Å². The lowest BCUT2D eigenvalue weighted by molar-refractivity contribution is -0.140. The Balaban J connectivity index is 1.86. The Morgan fingerprint density at radius 2 is 1.71 bits per heavy atom. The molecule has 2 aromatic carbocycles. The summed E-state index contributed by atoms with van der Waals surface area (Å²) in [5.41, 5.74) is 1.68. The molecule has 34 heavy (non-hydrogen) atoms. The number of benzene rings is 2. The van der Waals surface area contributed by atoms with E-state index in [1.165, 1.54) is 4.90 Å². The van der Waals surface area contributed by atoms with Crippen molar-refractivity contribution in [1.29, 1.82) is 0 Å². The maximum atomic E-state index is 13.2. The van der Waals surface area contributed by atoms with Gasteiger partial charge in [0.05, 0.1) is 42.6 Å². The summed E-state index contributed by atoms with van der Waals surface area (Å²) in [5.74, 6) is -0.780. The number of carbonyl (C=O) groups is 2. The van der Waals surface area contributed by atoms with Gasteiger partial charge in [0.2, 0.25) is 0 Å². The van der Waals surface area contributed by atoms with Crippen LogP contribution in [0.1, 0.15) is 36.7 Å². The minimum absolute atomic E-state index is 0.0113. The zero-order valence-corrected chi connectivity index (χ0v) is 19.1. The smallest absolute Gasteiger partial charge is 0.296 e. The largest absolute Gasteiger partial charge is 0.507 e. The Morgan fingerprint density at radius 3 is 2.38 bits per heavy atom. The van der Waals surface area contributed by atoms with Gasteiger partial charge >= 0.3 is 0 Å². The molecule has 7 heteroatoms. The minimum atomic E-state index is -0.774. The number of Topliss-reactive ketones (excluding diaryl/α,β-unsaturated/α-hetero) is 1. The zero-order valence-electron chi connectivity index (χ0n) is 19.1. The topological polar surface area (TPSA) is 89.0 Å². The first-order valence-electron chi connectivity index (χ1n) is 11.2. The number of carbonyl (C=O) groups excluding carboxylic acids is 2. The number of aliphatic hydroxyl groups is 1. The summed E-state index contributed by atoms with van der Waals surface area (Å²) in [6.45, 7) is 4.66. The molecule has 1 unspecified atom stereocenters. The lowest BCUT2D eigenvalue weighted by Gasteiger charge is -2.25. The van der Waals surface area contributed by atoms with Crippen LogP contribution in [0.5, 0.6) is 11.5 Å². The molecular formula is C27H26N2O5. The molecule has 3 aromatic rings. The Hall–Kier alpha value is -4.13. The molecule has 1 aliphatic rings. The van der Waals surface area contributed by atoms with Crippen molar-refractivity contribution in [3.63, 3.8) is 0 Å². The van der Waals surface area contributed by atoms with E-state index in [0.29, 0.717) is 41.5 Å². The van der Waals surface area contributed by atoms with E-state index < -0.39 is 17.7 Å². The molecule has 0 saturated carbocycles. The van der Waals surface area contributed by atoms with Crippen LogP contribution in [0.3, 0.4) is 0 Å². The molecule has 1 atom stereocenters. The number of ketones is 1. The lowest BCUT2D eigenvalue weighted by atomic mass is 9.95. The van der Waals surface area contributed by atoms with Crippen LogP contribution in [0.2, 0.25) is 0 Å². The summed E-state index contributed by atoms with van der Waals surface area (Å²) in [7, 11) is 0. The van der Waals surface area contributed by atoms with Crippen LogP contribution in [-0.2, 0) is 16.1 Å². The average molecular weight is 459 g/mol. The van der Waals surface area contributed by atoms with Crippen LogP contribution in [0.15, 0.2) is 78.5 Å². The van der Waals surface area contributed by atoms with Gasteiger partial charge in [0.25, 0.3) is 11.7 Å². The predicted molar refractivity (Wildman–Crippen MR) is 127 cm³/mol. The van der Waals surface area contributed by atoms with Crippen molar-refractivity contribution in [3.05, 3.63) is 95.3 Å². The van der Waals surface area contributed by atoms with E-state index in [0.717, 1.165) is 0 Å². The van der Waals surface area contributed by atoms with Gasteiger partial charge in [-0.2, -0.15) is 0 Å². The second-order valence-electron chi connectivity index (χ2n) is 7.68. The quantitative estimate of drug-likeness (QED) is 0.304. The molecule has 0 radical (unpaired) electrons. The summed E-state index contributed by atoms with van der Waals surface area (Å²) in [5, 5.41) is 11.4. The van der Waals surface area contributed by atoms with Crippen molar-refractivity contribution < 1.29 is 24.2 Å². The number of nitrogens with zero attached hydrogens (tertiary/aromatic N) is 2.